The quantitative estimate of drug-likeness (QED) is 0.649. The number of nitrogens with one attached hydrogen (secondary N) is 1. The minimum atomic E-state index is -0.573. The summed E-state index contributed by atoms with van der Waals surface area (Å²) in [6.07, 6.45) is 1.31. The molecule has 140 valence electrons. The molecule has 0 heterocycles. The largest absolute Gasteiger partial charge is 0.491 e. The highest BCUT2D eigenvalue weighted by Crippen LogP contribution is 2.18. The number of ether oxygens (including phenoxy) is 2. The molecule has 4 nitrogen and oxygen atoms in total. The van der Waals surface area contributed by atoms with Crippen LogP contribution in [0.25, 0.3) is 0 Å². The minimum absolute atomic E-state index is 0.137. The Bertz CT molecular complexity index is 718. The van der Waals surface area contributed by atoms with Crippen molar-refractivity contribution in [1.29, 1.82) is 0 Å². The van der Waals surface area contributed by atoms with E-state index in [1.807, 2.05) is 32.0 Å². The van der Waals surface area contributed by atoms with Crippen molar-refractivity contribution < 1.29 is 14.3 Å². The summed E-state index contributed by atoms with van der Waals surface area (Å²) in [6.45, 7) is 6.34. The first-order valence-electron chi connectivity index (χ1n) is 8.89. The molecule has 0 spiro atoms. The zero-order valence-electron chi connectivity index (χ0n) is 15.5. The van der Waals surface area contributed by atoms with Gasteiger partial charge in [-0.25, -0.2) is 0 Å². The SMILES string of the molecule is CC(C)Oc1cccc(CCCNC(=O)[C@H](C)Oc2cccc(Cl)c2)c1. The molecule has 0 radical (unpaired) electrons. The van der Waals surface area contributed by atoms with Gasteiger partial charge in [-0.2, -0.15) is 0 Å². The molecule has 1 atom stereocenters. The smallest absolute Gasteiger partial charge is 0.260 e. The number of benzene rings is 2. The normalized spacial score (nSPS) is 11.9. The van der Waals surface area contributed by atoms with Gasteiger partial charge in [0, 0.05) is 11.6 Å². The summed E-state index contributed by atoms with van der Waals surface area (Å²) in [6, 6.07) is 15.1. The molecule has 0 fully saturated rings. The lowest BCUT2D eigenvalue weighted by Gasteiger charge is -2.15. The van der Waals surface area contributed by atoms with E-state index in [0.717, 1.165) is 18.6 Å². The molecule has 0 bridgehead atoms. The van der Waals surface area contributed by atoms with Crippen LogP contribution in [0, 0.1) is 0 Å². The highest BCUT2D eigenvalue weighted by Gasteiger charge is 2.14. The Morgan fingerprint density at radius 3 is 2.42 bits per heavy atom. The van der Waals surface area contributed by atoms with Crippen LogP contribution in [-0.2, 0) is 11.2 Å². The van der Waals surface area contributed by atoms with Gasteiger partial charge in [0.15, 0.2) is 6.10 Å². The van der Waals surface area contributed by atoms with Gasteiger partial charge in [-0.05, 0) is 69.5 Å². The second kappa shape index (κ2) is 10.1. The van der Waals surface area contributed by atoms with E-state index in [9.17, 15) is 4.79 Å². The minimum Gasteiger partial charge on any atom is -0.491 e. The van der Waals surface area contributed by atoms with E-state index in [1.165, 1.54) is 5.56 Å². The summed E-state index contributed by atoms with van der Waals surface area (Å²) in [5.74, 6) is 1.33. The second-order valence-corrected chi connectivity index (χ2v) is 6.86. The molecule has 2 aromatic rings. The molecule has 0 saturated carbocycles. The van der Waals surface area contributed by atoms with Crippen molar-refractivity contribution in [1.82, 2.24) is 5.32 Å². The van der Waals surface area contributed by atoms with Crippen LogP contribution in [0.1, 0.15) is 32.8 Å². The van der Waals surface area contributed by atoms with Crippen molar-refractivity contribution in [2.75, 3.05) is 6.54 Å². The summed E-state index contributed by atoms with van der Waals surface area (Å²) >= 11 is 5.92. The Morgan fingerprint density at radius 1 is 1.04 bits per heavy atom. The van der Waals surface area contributed by atoms with E-state index >= 15 is 0 Å². The molecule has 0 saturated heterocycles. The van der Waals surface area contributed by atoms with Crippen molar-refractivity contribution in [3.8, 4) is 11.5 Å². The molecule has 2 rings (SSSR count). The molecule has 2 aromatic carbocycles. The van der Waals surface area contributed by atoms with Crippen LogP contribution in [0.3, 0.4) is 0 Å². The molecular weight excluding hydrogens is 350 g/mol. The molecule has 1 N–H and O–H groups in total. The van der Waals surface area contributed by atoms with E-state index in [-0.39, 0.29) is 12.0 Å². The summed E-state index contributed by atoms with van der Waals surface area (Å²) < 4.78 is 11.3. The van der Waals surface area contributed by atoms with Crippen molar-refractivity contribution in [3.63, 3.8) is 0 Å². The van der Waals surface area contributed by atoms with Gasteiger partial charge in [0.25, 0.3) is 5.91 Å². The predicted molar refractivity (Wildman–Crippen MR) is 105 cm³/mol. The van der Waals surface area contributed by atoms with E-state index < -0.39 is 6.10 Å². The maximum Gasteiger partial charge on any atom is 0.260 e. The summed E-state index contributed by atoms with van der Waals surface area (Å²) in [5, 5.41) is 3.49. The third kappa shape index (κ3) is 6.96. The molecular formula is C21H26ClNO3. The Hall–Kier alpha value is -2.20. The lowest BCUT2D eigenvalue weighted by atomic mass is 10.1. The zero-order valence-corrected chi connectivity index (χ0v) is 16.3. The van der Waals surface area contributed by atoms with E-state index in [2.05, 4.69) is 11.4 Å². The number of hydrogen-bond acceptors (Lipinski definition) is 3. The van der Waals surface area contributed by atoms with Crippen molar-refractivity contribution in [2.24, 2.45) is 0 Å². The van der Waals surface area contributed by atoms with Gasteiger partial charge in [0.1, 0.15) is 11.5 Å². The van der Waals surface area contributed by atoms with Gasteiger partial charge >= 0.3 is 0 Å². The van der Waals surface area contributed by atoms with Crippen LogP contribution >= 0.6 is 11.6 Å². The number of carbonyl (C=O) groups is 1. The fraction of sp³-hybridized carbons (Fsp3) is 0.381. The van der Waals surface area contributed by atoms with Crippen molar-refractivity contribution >= 4 is 17.5 Å². The monoisotopic (exact) mass is 375 g/mol. The average molecular weight is 376 g/mol. The third-order valence-corrected chi connectivity index (χ3v) is 3.92. The third-order valence-electron chi connectivity index (χ3n) is 3.69. The zero-order chi connectivity index (χ0) is 18.9. The van der Waals surface area contributed by atoms with Crippen LogP contribution in [0.2, 0.25) is 5.02 Å². The lowest BCUT2D eigenvalue weighted by molar-refractivity contribution is -0.127. The van der Waals surface area contributed by atoms with E-state index in [0.29, 0.717) is 17.3 Å². The van der Waals surface area contributed by atoms with Crippen LogP contribution in [0.15, 0.2) is 48.5 Å². The van der Waals surface area contributed by atoms with Gasteiger partial charge in [-0.1, -0.05) is 29.8 Å². The highest BCUT2D eigenvalue weighted by molar-refractivity contribution is 6.30. The number of hydrogen-bond donors (Lipinski definition) is 1. The van der Waals surface area contributed by atoms with Crippen LogP contribution < -0.4 is 14.8 Å². The van der Waals surface area contributed by atoms with E-state index in [1.54, 1.807) is 31.2 Å². The molecule has 26 heavy (non-hydrogen) atoms. The van der Waals surface area contributed by atoms with Crippen molar-refractivity contribution in [3.05, 3.63) is 59.1 Å². The number of rotatable bonds is 9. The second-order valence-electron chi connectivity index (χ2n) is 6.43. The first-order chi connectivity index (χ1) is 12.4. The lowest BCUT2D eigenvalue weighted by Crippen LogP contribution is -2.36. The number of halogens is 1. The summed E-state index contributed by atoms with van der Waals surface area (Å²) in [4.78, 5) is 12.1. The predicted octanol–water partition coefficient (Wildman–Crippen LogP) is 4.64. The average Bonchev–Trinajstić information content (AvgIpc) is 2.58. The first-order valence-corrected chi connectivity index (χ1v) is 9.27. The van der Waals surface area contributed by atoms with Gasteiger partial charge < -0.3 is 14.8 Å². The Kier molecular flexibility index (Phi) is 7.79. The molecule has 1 amide bonds. The van der Waals surface area contributed by atoms with E-state index in [4.69, 9.17) is 21.1 Å². The Morgan fingerprint density at radius 2 is 1.73 bits per heavy atom. The molecule has 5 heteroatoms. The number of aryl methyl sites for hydroxylation is 1. The van der Waals surface area contributed by atoms with Gasteiger partial charge in [0.05, 0.1) is 6.10 Å². The molecule has 0 aliphatic heterocycles. The maximum absolute atomic E-state index is 12.1. The van der Waals surface area contributed by atoms with Crippen LogP contribution in [0.5, 0.6) is 11.5 Å². The van der Waals surface area contributed by atoms with Gasteiger partial charge in [-0.15, -0.1) is 0 Å². The number of carbonyl (C=O) groups excluding carboxylic acids is 1. The van der Waals surface area contributed by atoms with Crippen molar-refractivity contribution in [2.45, 2.75) is 45.8 Å². The molecule has 0 aliphatic carbocycles. The summed E-state index contributed by atoms with van der Waals surface area (Å²) in [5.41, 5.74) is 1.20. The Balaban J connectivity index is 1.72. The van der Waals surface area contributed by atoms with Crippen LogP contribution in [-0.4, -0.2) is 24.7 Å². The molecule has 0 aliphatic rings. The fourth-order valence-corrected chi connectivity index (χ4v) is 2.67. The standard InChI is InChI=1S/C21H26ClNO3/c1-15(2)25-19-10-4-7-17(13-19)8-6-12-23-21(24)16(3)26-20-11-5-9-18(22)14-20/h4-5,7,9-11,13-16H,6,8,12H2,1-3H3,(H,23,24)/t16-/m0/s1. The van der Waals surface area contributed by atoms with Gasteiger partial charge in [-0.3, -0.25) is 4.79 Å². The first kappa shape index (κ1) is 20.1. The highest BCUT2D eigenvalue weighted by atomic mass is 35.5. The fourth-order valence-electron chi connectivity index (χ4n) is 2.49. The molecule has 0 unspecified atom stereocenters. The topological polar surface area (TPSA) is 47.6 Å². The summed E-state index contributed by atoms with van der Waals surface area (Å²) in [7, 11) is 0. The molecule has 0 aromatic heterocycles. The maximum atomic E-state index is 12.1. The van der Waals surface area contributed by atoms with Crippen LogP contribution in [0.4, 0.5) is 0 Å². The van der Waals surface area contributed by atoms with Gasteiger partial charge in [0.2, 0.25) is 0 Å². The Labute approximate surface area is 160 Å². The number of amides is 1.